The highest BCUT2D eigenvalue weighted by Gasteiger charge is 2.28. The summed E-state index contributed by atoms with van der Waals surface area (Å²) in [6.07, 6.45) is 0.181. The smallest absolute Gasteiger partial charge is 0.282 e. The van der Waals surface area contributed by atoms with Gasteiger partial charge in [0.15, 0.2) is 0 Å². The lowest BCUT2D eigenvalue weighted by Gasteiger charge is -2.16. The van der Waals surface area contributed by atoms with Gasteiger partial charge in [-0.3, -0.25) is 9.35 Å². The fourth-order valence-corrected chi connectivity index (χ4v) is 3.85. The van der Waals surface area contributed by atoms with E-state index in [4.69, 9.17) is 4.55 Å². The zero-order valence-corrected chi connectivity index (χ0v) is 13.6. The van der Waals surface area contributed by atoms with Gasteiger partial charge in [0.05, 0.1) is 16.6 Å². The minimum absolute atomic E-state index is 0.0880. The van der Waals surface area contributed by atoms with Crippen LogP contribution in [0.2, 0.25) is 0 Å². The molecule has 1 aliphatic heterocycles. The molecule has 1 N–H and O–H groups in total. The highest BCUT2D eigenvalue weighted by molar-refractivity contribution is 9.11. The normalized spacial score (nSPS) is 15.9. The van der Waals surface area contributed by atoms with Crippen molar-refractivity contribution in [1.82, 2.24) is 0 Å². The summed E-state index contributed by atoms with van der Waals surface area (Å²) in [5, 5.41) is 5.15. The molecule has 0 atom stereocenters. The number of hydrazone groups is 1. The van der Waals surface area contributed by atoms with Crippen LogP contribution in [0, 0.1) is 0 Å². The second kappa shape index (κ2) is 4.97. The third-order valence-corrected chi connectivity index (χ3v) is 4.84. The molecule has 2 rings (SSSR count). The van der Waals surface area contributed by atoms with Crippen LogP contribution in [0.15, 0.2) is 31.1 Å². The van der Waals surface area contributed by atoms with E-state index < -0.39 is 10.1 Å². The van der Waals surface area contributed by atoms with E-state index in [1.165, 1.54) is 6.07 Å². The van der Waals surface area contributed by atoms with Gasteiger partial charge >= 0.3 is 0 Å². The van der Waals surface area contributed by atoms with Gasteiger partial charge in [-0.05, 0) is 35.0 Å². The second-order valence-electron chi connectivity index (χ2n) is 3.93. The fraction of sp³-hybridized carbons (Fsp3) is 0.200. The molecular weight excluding hydrogens is 404 g/mol. The van der Waals surface area contributed by atoms with Crippen LogP contribution >= 0.6 is 31.9 Å². The van der Waals surface area contributed by atoms with E-state index in [-0.39, 0.29) is 27.4 Å². The Kier molecular flexibility index (Phi) is 3.83. The number of amides is 1. The van der Waals surface area contributed by atoms with Crippen molar-refractivity contribution in [2.24, 2.45) is 5.10 Å². The van der Waals surface area contributed by atoms with E-state index in [9.17, 15) is 13.2 Å². The average molecular weight is 412 g/mol. The minimum Gasteiger partial charge on any atom is -0.282 e. The van der Waals surface area contributed by atoms with Crippen LogP contribution in [-0.2, 0) is 14.9 Å². The number of hydrogen-bond donors (Lipinski definition) is 1. The monoisotopic (exact) mass is 410 g/mol. The lowest BCUT2D eigenvalue weighted by molar-refractivity contribution is -0.116. The molecule has 0 saturated carbocycles. The fourth-order valence-electron chi connectivity index (χ4n) is 1.64. The number of nitrogens with zero attached hydrogens (tertiary/aromatic N) is 2. The van der Waals surface area contributed by atoms with Gasteiger partial charge < -0.3 is 0 Å². The highest BCUT2D eigenvalue weighted by atomic mass is 79.9. The largest absolute Gasteiger partial charge is 0.295 e. The first-order valence-electron chi connectivity index (χ1n) is 5.03. The van der Waals surface area contributed by atoms with E-state index in [0.717, 1.165) is 5.01 Å². The van der Waals surface area contributed by atoms with Gasteiger partial charge in [0.2, 0.25) is 0 Å². The van der Waals surface area contributed by atoms with Gasteiger partial charge in [0, 0.05) is 10.2 Å². The molecule has 9 heteroatoms. The minimum atomic E-state index is -4.40. The number of benzene rings is 1. The molecule has 1 amide bonds. The van der Waals surface area contributed by atoms with Gasteiger partial charge in [-0.25, -0.2) is 0 Å². The summed E-state index contributed by atoms with van der Waals surface area (Å²) in [7, 11) is -4.40. The Labute approximate surface area is 126 Å². The molecule has 0 unspecified atom stereocenters. The zero-order valence-electron chi connectivity index (χ0n) is 9.59. The Bertz CT molecular complexity index is 700. The number of hydrogen-bond acceptors (Lipinski definition) is 4. The molecular formula is C10H8Br2N2O4S. The lowest BCUT2D eigenvalue weighted by Crippen LogP contribution is -2.20. The standard InChI is InChI=1S/C10H8Br2N2O4S/c1-5-2-9(15)14(13-5)7-3-6(11)4-8(10(7)12)19(16,17)18/h3-4H,2H2,1H3,(H,16,17,18). The van der Waals surface area contributed by atoms with Crippen LogP contribution in [0.4, 0.5) is 5.69 Å². The van der Waals surface area contributed by atoms with Crippen molar-refractivity contribution < 1.29 is 17.8 Å². The number of rotatable bonds is 2. The van der Waals surface area contributed by atoms with Crippen LogP contribution < -0.4 is 5.01 Å². The topological polar surface area (TPSA) is 87.0 Å². The Balaban J connectivity index is 2.66. The number of halogens is 2. The molecule has 0 aromatic heterocycles. The molecule has 19 heavy (non-hydrogen) atoms. The van der Waals surface area contributed by atoms with Crippen LogP contribution in [0.25, 0.3) is 0 Å². The number of carbonyl (C=O) groups is 1. The summed E-state index contributed by atoms with van der Waals surface area (Å²) in [4.78, 5) is 11.4. The molecule has 1 aromatic rings. The van der Waals surface area contributed by atoms with Crippen LogP contribution in [0.5, 0.6) is 0 Å². The Hall–Kier alpha value is -0.770. The predicted molar refractivity (Wildman–Crippen MR) is 76.9 cm³/mol. The van der Waals surface area contributed by atoms with E-state index >= 15 is 0 Å². The first-order valence-corrected chi connectivity index (χ1v) is 8.06. The Morgan fingerprint density at radius 2 is 2.00 bits per heavy atom. The average Bonchev–Trinajstić information content (AvgIpc) is 2.59. The summed E-state index contributed by atoms with van der Waals surface area (Å²) >= 11 is 6.22. The number of carbonyl (C=O) groups excluding carboxylic acids is 1. The van der Waals surface area contributed by atoms with Gasteiger partial charge in [0.25, 0.3) is 16.0 Å². The third-order valence-electron chi connectivity index (χ3n) is 2.40. The van der Waals surface area contributed by atoms with Crippen LogP contribution in [-0.4, -0.2) is 24.6 Å². The molecule has 1 aliphatic rings. The quantitative estimate of drug-likeness (QED) is 0.757. The van der Waals surface area contributed by atoms with Gasteiger partial charge in [-0.15, -0.1) is 0 Å². The van der Waals surface area contributed by atoms with Crippen molar-refractivity contribution in [2.45, 2.75) is 18.2 Å². The molecule has 0 bridgehead atoms. The molecule has 0 saturated heterocycles. The molecule has 1 aromatic carbocycles. The summed E-state index contributed by atoms with van der Waals surface area (Å²) in [5.74, 6) is -0.266. The summed E-state index contributed by atoms with van der Waals surface area (Å²) in [5.41, 5.74) is 0.883. The molecule has 0 fully saturated rings. The van der Waals surface area contributed by atoms with Crippen molar-refractivity contribution in [3.05, 3.63) is 21.1 Å². The first-order chi connectivity index (χ1) is 8.70. The highest BCUT2D eigenvalue weighted by Crippen LogP contribution is 2.37. The molecule has 1 heterocycles. The molecule has 6 nitrogen and oxygen atoms in total. The first kappa shape index (κ1) is 14.6. The molecule has 102 valence electrons. The Morgan fingerprint density at radius 3 is 2.47 bits per heavy atom. The van der Waals surface area contributed by atoms with Gasteiger partial charge in [-0.1, -0.05) is 15.9 Å². The molecule has 0 spiro atoms. The van der Waals surface area contributed by atoms with Crippen molar-refractivity contribution in [2.75, 3.05) is 5.01 Å². The number of anilines is 1. The van der Waals surface area contributed by atoms with E-state index in [1.54, 1.807) is 13.0 Å². The van der Waals surface area contributed by atoms with Gasteiger partial charge in [-0.2, -0.15) is 18.5 Å². The maximum absolute atomic E-state index is 11.8. The third kappa shape index (κ3) is 2.88. The SMILES string of the molecule is CC1=NN(c2cc(Br)cc(S(=O)(=O)O)c2Br)C(=O)C1. The second-order valence-corrected chi connectivity index (χ2v) is 7.03. The summed E-state index contributed by atoms with van der Waals surface area (Å²) < 4.78 is 32.2. The molecule has 0 radical (unpaired) electrons. The maximum atomic E-state index is 11.8. The van der Waals surface area contributed by atoms with E-state index in [1.807, 2.05) is 0 Å². The van der Waals surface area contributed by atoms with Crippen LogP contribution in [0.1, 0.15) is 13.3 Å². The summed E-state index contributed by atoms with van der Waals surface area (Å²) in [6, 6.07) is 2.78. The van der Waals surface area contributed by atoms with Crippen LogP contribution in [0.3, 0.4) is 0 Å². The van der Waals surface area contributed by atoms with Crippen molar-refractivity contribution in [1.29, 1.82) is 0 Å². The maximum Gasteiger partial charge on any atom is 0.295 e. The van der Waals surface area contributed by atoms with Crippen molar-refractivity contribution in [3.63, 3.8) is 0 Å². The lowest BCUT2D eigenvalue weighted by atomic mass is 10.3. The predicted octanol–water partition coefficient (Wildman–Crippen LogP) is 2.57. The molecule has 0 aliphatic carbocycles. The van der Waals surface area contributed by atoms with Crippen molar-refractivity contribution >= 4 is 59.3 Å². The van der Waals surface area contributed by atoms with Gasteiger partial charge in [0.1, 0.15) is 4.90 Å². The van der Waals surface area contributed by atoms with E-state index in [2.05, 4.69) is 37.0 Å². The zero-order chi connectivity index (χ0) is 14.4. The Morgan fingerprint density at radius 1 is 1.37 bits per heavy atom. The van der Waals surface area contributed by atoms with E-state index in [0.29, 0.717) is 10.2 Å². The van der Waals surface area contributed by atoms with Crippen molar-refractivity contribution in [3.8, 4) is 0 Å². The summed E-state index contributed by atoms with van der Waals surface area (Å²) in [6.45, 7) is 1.70.